The number of likely N-dealkylation sites (N-methyl/N-ethyl adjacent to an activating group) is 1. The van der Waals surface area contributed by atoms with Crippen molar-refractivity contribution in [2.24, 2.45) is 7.05 Å². The van der Waals surface area contributed by atoms with E-state index < -0.39 is 0 Å². The van der Waals surface area contributed by atoms with Crippen molar-refractivity contribution in [3.05, 3.63) is 41.0 Å². The first kappa shape index (κ1) is 17.7. The third-order valence-electron chi connectivity index (χ3n) is 6.06. The van der Waals surface area contributed by atoms with Gasteiger partial charge in [-0.15, -0.1) is 10.2 Å². The number of anilines is 2. The standard InChI is InChI=1S/C20H24ClN7/c1-26(19-15(9-18(21)24-25-19)13-7-8-22-10-13)14-11-28(12-14)20-23-16-5-3-4-6-17(16)27(20)2/h3-6,9,13-14,22H,7-8,10-12H2,1-2H3. The Balaban J connectivity index is 1.35. The minimum absolute atomic E-state index is 0.378. The van der Waals surface area contributed by atoms with Crippen molar-refractivity contribution in [2.45, 2.75) is 18.4 Å². The quantitative estimate of drug-likeness (QED) is 0.729. The van der Waals surface area contributed by atoms with Crippen LogP contribution in [0.4, 0.5) is 11.8 Å². The molecule has 2 aliphatic heterocycles. The normalized spacial score (nSPS) is 20.0. The van der Waals surface area contributed by atoms with Gasteiger partial charge in [0.15, 0.2) is 11.0 Å². The summed E-state index contributed by atoms with van der Waals surface area (Å²) < 4.78 is 2.17. The maximum Gasteiger partial charge on any atom is 0.206 e. The number of rotatable bonds is 4. The lowest BCUT2D eigenvalue weighted by Crippen LogP contribution is -2.59. The maximum absolute atomic E-state index is 6.15. The molecule has 0 saturated carbocycles. The summed E-state index contributed by atoms with van der Waals surface area (Å²) in [5.74, 6) is 2.42. The Kier molecular flexibility index (Phi) is 4.36. The molecule has 0 amide bonds. The molecule has 1 unspecified atom stereocenters. The SMILES string of the molecule is CN(c1nnc(Cl)cc1C1CCNC1)C1CN(c2nc3ccccc3n2C)C1. The number of para-hydroxylation sites is 2. The second kappa shape index (κ2) is 6.90. The second-order valence-corrected chi connectivity index (χ2v) is 8.15. The van der Waals surface area contributed by atoms with Gasteiger partial charge in [0.2, 0.25) is 5.95 Å². The van der Waals surface area contributed by atoms with E-state index in [1.165, 1.54) is 5.56 Å². The fraction of sp³-hybridized carbons (Fsp3) is 0.450. The molecule has 2 fully saturated rings. The molecular weight excluding hydrogens is 374 g/mol. The molecule has 2 saturated heterocycles. The summed E-state index contributed by atoms with van der Waals surface area (Å²) in [5, 5.41) is 12.5. The highest BCUT2D eigenvalue weighted by atomic mass is 35.5. The molecule has 2 aliphatic rings. The number of imidazole rings is 1. The van der Waals surface area contributed by atoms with Crippen LogP contribution in [0.3, 0.4) is 0 Å². The summed E-state index contributed by atoms with van der Waals surface area (Å²) in [7, 11) is 4.19. The van der Waals surface area contributed by atoms with E-state index in [4.69, 9.17) is 16.6 Å². The van der Waals surface area contributed by atoms with Crippen molar-refractivity contribution in [1.29, 1.82) is 0 Å². The van der Waals surface area contributed by atoms with Crippen LogP contribution in [-0.4, -0.2) is 59.0 Å². The van der Waals surface area contributed by atoms with Crippen LogP contribution in [0.5, 0.6) is 0 Å². The zero-order valence-electron chi connectivity index (χ0n) is 16.1. The summed E-state index contributed by atoms with van der Waals surface area (Å²) in [6.45, 7) is 3.85. The van der Waals surface area contributed by atoms with Crippen molar-refractivity contribution < 1.29 is 0 Å². The number of benzene rings is 1. The van der Waals surface area contributed by atoms with Crippen molar-refractivity contribution in [1.82, 2.24) is 25.1 Å². The Hall–Kier alpha value is -2.38. The van der Waals surface area contributed by atoms with Gasteiger partial charge in [0, 0.05) is 45.2 Å². The predicted octanol–water partition coefficient (Wildman–Crippen LogP) is 2.42. The number of nitrogens with zero attached hydrogens (tertiary/aromatic N) is 6. The Bertz CT molecular complexity index is 1000. The highest BCUT2D eigenvalue weighted by Gasteiger charge is 2.35. The molecular formula is C20H24ClN7. The molecule has 0 spiro atoms. The smallest absolute Gasteiger partial charge is 0.206 e. The number of aromatic nitrogens is 4. The van der Waals surface area contributed by atoms with E-state index in [0.29, 0.717) is 17.1 Å². The van der Waals surface area contributed by atoms with E-state index in [1.54, 1.807) is 0 Å². The lowest BCUT2D eigenvalue weighted by Gasteiger charge is -2.45. The van der Waals surface area contributed by atoms with Crippen LogP contribution in [0, 0.1) is 0 Å². The largest absolute Gasteiger partial charge is 0.351 e. The minimum Gasteiger partial charge on any atom is -0.351 e. The molecule has 0 bridgehead atoms. The Morgan fingerprint density at radius 3 is 2.79 bits per heavy atom. The number of hydrogen-bond acceptors (Lipinski definition) is 6. The van der Waals surface area contributed by atoms with Gasteiger partial charge in [-0.05, 0) is 31.2 Å². The van der Waals surface area contributed by atoms with Gasteiger partial charge in [-0.25, -0.2) is 4.98 Å². The lowest BCUT2D eigenvalue weighted by atomic mass is 9.98. The Morgan fingerprint density at radius 2 is 2.04 bits per heavy atom. The molecule has 1 aromatic carbocycles. The molecule has 1 atom stereocenters. The molecule has 3 aromatic rings. The molecule has 5 rings (SSSR count). The zero-order chi connectivity index (χ0) is 19.3. The fourth-order valence-electron chi connectivity index (χ4n) is 4.32. The van der Waals surface area contributed by atoms with Gasteiger partial charge in [0.1, 0.15) is 0 Å². The molecule has 0 radical (unpaired) electrons. The molecule has 146 valence electrons. The first-order valence-electron chi connectivity index (χ1n) is 9.75. The number of fused-ring (bicyclic) bond motifs is 1. The molecule has 4 heterocycles. The van der Waals surface area contributed by atoms with Crippen molar-refractivity contribution in [3.8, 4) is 0 Å². The summed E-state index contributed by atoms with van der Waals surface area (Å²) >= 11 is 6.15. The van der Waals surface area contributed by atoms with Gasteiger partial charge in [-0.1, -0.05) is 23.7 Å². The monoisotopic (exact) mass is 397 g/mol. The first-order valence-corrected chi connectivity index (χ1v) is 10.1. The number of nitrogens with one attached hydrogen (secondary N) is 1. The average molecular weight is 398 g/mol. The van der Waals surface area contributed by atoms with Crippen LogP contribution in [0.1, 0.15) is 17.9 Å². The van der Waals surface area contributed by atoms with Gasteiger partial charge in [0.05, 0.1) is 17.1 Å². The Labute approximate surface area is 169 Å². The lowest BCUT2D eigenvalue weighted by molar-refractivity contribution is 0.478. The molecule has 7 nitrogen and oxygen atoms in total. The fourth-order valence-corrected chi connectivity index (χ4v) is 4.48. The van der Waals surface area contributed by atoms with E-state index in [9.17, 15) is 0 Å². The van der Waals surface area contributed by atoms with Crippen LogP contribution < -0.4 is 15.1 Å². The van der Waals surface area contributed by atoms with E-state index in [1.807, 2.05) is 12.1 Å². The highest BCUT2D eigenvalue weighted by Crippen LogP contribution is 2.33. The predicted molar refractivity (Wildman–Crippen MR) is 112 cm³/mol. The third kappa shape index (κ3) is 2.89. The van der Waals surface area contributed by atoms with Gasteiger partial charge in [-0.3, -0.25) is 0 Å². The van der Waals surface area contributed by atoms with Crippen LogP contribution in [0.25, 0.3) is 11.0 Å². The van der Waals surface area contributed by atoms with Gasteiger partial charge in [0.25, 0.3) is 0 Å². The van der Waals surface area contributed by atoms with Crippen LogP contribution >= 0.6 is 11.6 Å². The van der Waals surface area contributed by atoms with Crippen LogP contribution in [0.2, 0.25) is 5.15 Å². The van der Waals surface area contributed by atoms with Crippen molar-refractivity contribution in [2.75, 3.05) is 43.0 Å². The van der Waals surface area contributed by atoms with Crippen molar-refractivity contribution in [3.63, 3.8) is 0 Å². The van der Waals surface area contributed by atoms with Gasteiger partial charge >= 0.3 is 0 Å². The number of aryl methyl sites for hydroxylation is 1. The van der Waals surface area contributed by atoms with Gasteiger partial charge < -0.3 is 19.7 Å². The second-order valence-electron chi connectivity index (χ2n) is 7.76. The topological polar surface area (TPSA) is 62.1 Å². The molecule has 28 heavy (non-hydrogen) atoms. The van der Waals surface area contributed by atoms with E-state index in [0.717, 1.165) is 55.4 Å². The summed E-state index contributed by atoms with van der Waals surface area (Å²) in [6, 6.07) is 10.6. The maximum atomic E-state index is 6.15. The summed E-state index contributed by atoms with van der Waals surface area (Å²) in [4.78, 5) is 9.39. The number of halogens is 1. The van der Waals surface area contributed by atoms with E-state index >= 15 is 0 Å². The van der Waals surface area contributed by atoms with E-state index in [2.05, 4.69) is 62.2 Å². The molecule has 1 N–H and O–H groups in total. The number of hydrogen-bond donors (Lipinski definition) is 1. The van der Waals surface area contributed by atoms with Crippen LogP contribution in [0.15, 0.2) is 30.3 Å². The summed E-state index contributed by atoms with van der Waals surface area (Å²) in [5.41, 5.74) is 3.40. The molecule has 8 heteroatoms. The third-order valence-corrected chi connectivity index (χ3v) is 6.25. The van der Waals surface area contributed by atoms with Crippen molar-refractivity contribution >= 4 is 34.4 Å². The Morgan fingerprint density at radius 1 is 1.21 bits per heavy atom. The average Bonchev–Trinajstić information content (AvgIpc) is 3.30. The molecule has 0 aliphatic carbocycles. The van der Waals surface area contributed by atoms with Crippen LogP contribution in [-0.2, 0) is 7.05 Å². The molecule has 2 aromatic heterocycles. The zero-order valence-corrected chi connectivity index (χ0v) is 16.9. The van der Waals surface area contributed by atoms with Gasteiger partial charge in [-0.2, -0.15) is 0 Å². The first-order chi connectivity index (χ1) is 13.6. The summed E-state index contributed by atoms with van der Waals surface area (Å²) in [6.07, 6.45) is 1.11. The highest BCUT2D eigenvalue weighted by molar-refractivity contribution is 6.29. The van der Waals surface area contributed by atoms with E-state index in [-0.39, 0.29) is 0 Å². The minimum atomic E-state index is 0.378.